The Labute approximate surface area is 129 Å². The molecule has 0 radical (unpaired) electrons. The summed E-state index contributed by atoms with van der Waals surface area (Å²) in [7, 11) is 0. The molecule has 0 unspecified atom stereocenters. The Morgan fingerprint density at radius 2 is 1.77 bits per heavy atom. The van der Waals surface area contributed by atoms with E-state index < -0.39 is 0 Å². The van der Waals surface area contributed by atoms with Crippen molar-refractivity contribution in [1.29, 1.82) is 0 Å². The highest BCUT2D eigenvalue weighted by Crippen LogP contribution is 2.24. The van der Waals surface area contributed by atoms with Crippen molar-refractivity contribution in [2.75, 3.05) is 5.32 Å². The van der Waals surface area contributed by atoms with E-state index in [-0.39, 0.29) is 5.91 Å². The number of para-hydroxylation sites is 1. The minimum atomic E-state index is -0.203. The number of azide groups is 1. The van der Waals surface area contributed by atoms with Crippen LogP contribution in [0.4, 0.5) is 11.4 Å². The van der Waals surface area contributed by atoms with Gasteiger partial charge in [-0.25, -0.2) is 0 Å². The number of anilines is 1. The van der Waals surface area contributed by atoms with Crippen LogP contribution in [0.2, 0.25) is 0 Å². The highest BCUT2D eigenvalue weighted by molar-refractivity contribution is 6.05. The van der Waals surface area contributed by atoms with Gasteiger partial charge in [-0.2, -0.15) is 0 Å². The number of amides is 1. The molecule has 0 bridgehead atoms. The zero-order valence-electron chi connectivity index (χ0n) is 12.7. The van der Waals surface area contributed by atoms with Crippen LogP contribution in [0.1, 0.15) is 35.3 Å². The predicted octanol–water partition coefficient (Wildman–Crippen LogP) is 5.01. The highest BCUT2D eigenvalue weighted by Gasteiger charge is 2.11. The maximum atomic E-state index is 12.5. The molecule has 0 atom stereocenters. The Balaban J connectivity index is 2.33. The normalized spacial score (nSPS) is 9.91. The molecule has 5 nitrogen and oxygen atoms in total. The van der Waals surface area contributed by atoms with Crippen LogP contribution >= 0.6 is 0 Å². The molecule has 0 saturated heterocycles. The average Bonchev–Trinajstić information content (AvgIpc) is 2.55. The Morgan fingerprint density at radius 1 is 1.14 bits per heavy atom. The maximum Gasteiger partial charge on any atom is 0.255 e. The van der Waals surface area contributed by atoms with E-state index in [4.69, 9.17) is 5.53 Å². The summed E-state index contributed by atoms with van der Waals surface area (Å²) in [6.07, 6.45) is 1.70. The van der Waals surface area contributed by atoms with E-state index in [0.29, 0.717) is 11.3 Å². The number of hydrogen-bond acceptors (Lipinski definition) is 2. The number of benzene rings is 2. The molecule has 2 aromatic carbocycles. The van der Waals surface area contributed by atoms with Crippen LogP contribution in [0.3, 0.4) is 0 Å². The molecule has 0 aliphatic carbocycles. The first kappa shape index (κ1) is 15.6. The predicted molar refractivity (Wildman–Crippen MR) is 88.4 cm³/mol. The van der Waals surface area contributed by atoms with Crippen LogP contribution in [0, 0.1) is 0 Å². The minimum Gasteiger partial charge on any atom is -0.321 e. The van der Waals surface area contributed by atoms with Gasteiger partial charge in [0, 0.05) is 21.8 Å². The maximum absolute atomic E-state index is 12.5. The molecule has 22 heavy (non-hydrogen) atoms. The van der Waals surface area contributed by atoms with Crippen molar-refractivity contribution in [3.8, 4) is 0 Å². The van der Waals surface area contributed by atoms with E-state index >= 15 is 0 Å². The summed E-state index contributed by atoms with van der Waals surface area (Å²) in [6.45, 7) is 4.12. The van der Waals surface area contributed by atoms with Gasteiger partial charge in [-0.15, -0.1) is 0 Å². The lowest BCUT2D eigenvalue weighted by molar-refractivity contribution is 0.102. The zero-order valence-corrected chi connectivity index (χ0v) is 12.7. The number of nitrogens with one attached hydrogen (secondary N) is 1. The van der Waals surface area contributed by atoms with Gasteiger partial charge in [0.1, 0.15) is 0 Å². The topological polar surface area (TPSA) is 77.9 Å². The second-order valence-electron chi connectivity index (χ2n) is 4.85. The van der Waals surface area contributed by atoms with Gasteiger partial charge >= 0.3 is 0 Å². The lowest BCUT2D eigenvalue weighted by Gasteiger charge is -2.14. The van der Waals surface area contributed by atoms with E-state index in [9.17, 15) is 4.79 Å². The number of hydrogen-bond donors (Lipinski definition) is 1. The van der Waals surface area contributed by atoms with Gasteiger partial charge in [0.25, 0.3) is 5.91 Å². The molecule has 112 valence electrons. The van der Waals surface area contributed by atoms with E-state index in [2.05, 4.69) is 29.2 Å². The van der Waals surface area contributed by atoms with E-state index in [1.807, 2.05) is 18.2 Å². The Kier molecular flexibility index (Phi) is 5.17. The molecular formula is C17H18N4O. The summed E-state index contributed by atoms with van der Waals surface area (Å²) in [5.74, 6) is -0.203. The van der Waals surface area contributed by atoms with Crippen molar-refractivity contribution in [2.45, 2.75) is 26.7 Å². The van der Waals surface area contributed by atoms with E-state index in [1.54, 1.807) is 24.3 Å². The first-order valence-electron chi connectivity index (χ1n) is 7.26. The van der Waals surface area contributed by atoms with Crippen LogP contribution in [0.25, 0.3) is 10.4 Å². The third kappa shape index (κ3) is 3.45. The van der Waals surface area contributed by atoms with Crippen LogP contribution < -0.4 is 5.32 Å². The molecule has 1 amide bonds. The molecule has 5 heteroatoms. The van der Waals surface area contributed by atoms with Crippen molar-refractivity contribution in [1.82, 2.24) is 0 Å². The summed E-state index contributed by atoms with van der Waals surface area (Å²) >= 11 is 0. The highest BCUT2D eigenvalue weighted by atomic mass is 16.1. The second-order valence-corrected chi connectivity index (χ2v) is 4.85. The van der Waals surface area contributed by atoms with Gasteiger partial charge < -0.3 is 5.32 Å². The molecule has 0 heterocycles. The fraction of sp³-hybridized carbons (Fsp3) is 0.235. The molecule has 1 N–H and O–H groups in total. The Bertz CT molecular complexity index is 711. The number of rotatable bonds is 5. The van der Waals surface area contributed by atoms with Gasteiger partial charge in [0.15, 0.2) is 0 Å². The quantitative estimate of drug-likeness (QED) is 0.470. The minimum absolute atomic E-state index is 0.203. The largest absolute Gasteiger partial charge is 0.321 e. The molecule has 0 fully saturated rings. The fourth-order valence-corrected chi connectivity index (χ4v) is 2.35. The zero-order chi connectivity index (χ0) is 15.9. The summed E-state index contributed by atoms with van der Waals surface area (Å²) in [5.41, 5.74) is 12.5. The SMILES string of the molecule is CCc1cccc(CC)c1NC(=O)c1cccc(N=[N+]=[N-])c1. The summed E-state index contributed by atoms with van der Waals surface area (Å²) in [5, 5.41) is 6.52. The fourth-order valence-electron chi connectivity index (χ4n) is 2.35. The third-order valence-electron chi connectivity index (χ3n) is 3.51. The molecule has 0 aliphatic heterocycles. The van der Waals surface area contributed by atoms with Crippen LogP contribution in [0.5, 0.6) is 0 Å². The number of aryl methyl sites for hydroxylation is 2. The summed E-state index contributed by atoms with van der Waals surface area (Å²) < 4.78 is 0. The summed E-state index contributed by atoms with van der Waals surface area (Å²) in [6, 6.07) is 12.7. The standard InChI is InChI=1S/C17H18N4O/c1-3-12-7-5-8-13(4-2)16(12)19-17(22)14-9-6-10-15(11-14)20-21-18/h5-11H,3-4H2,1-2H3,(H,19,22). The summed E-state index contributed by atoms with van der Waals surface area (Å²) in [4.78, 5) is 15.2. The van der Waals surface area contributed by atoms with Crippen LogP contribution in [0.15, 0.2) is 47.6 Å². The average molecular weight is 294 g/mol. The molecule has 2 aromatic rings. The molecule has 0 aromatic heterocycles. The van der Waals surface area contributed by atoms with Crippen molar-refractivity contribution in [2.24, 2.45) is 5.11 Å². The smallest absolute Gasteiger partial charge is 0.255 e. The van der Waals surface area contributed by atoms with E-state index in [1.165, 1.54) is 0 Å². The number of carbonyl (C=O) groups is 1. The second kappa shape index (κ2) is 7.29. The molecule has 0 saturated carbocycles. The van der Waals surface area contributed by atoms with Crippen molar-refractivity contribution < 1.29 is 4.79 Å². The van der Waals surface area contributed by atoms with Gasteiger partial charge in [0.2, 0.25) is 0 Å². The lowest BCUT2D eigenvalue weighted by Crippen LogP contribution is -2.14. The molecule has 0 aliphatic rings. The number of nitrogens with zero attached hydrogens (tertiary/aromatic N) is 3. The Morgan fingerprint density at radius 3 is 2.36 bits per heavy atom. The Hall–Kier alpha value is -2.78. The molecule has 0 spiro atoms. The monoisotopic (exact) mass is 294 g/mol. The first-order chi connectivity index (χ1) is 10.7. The first-order valence-corrected chi connectivity index (χ1v) is 7.26. The van der Waals surface area contributed by atoms with Gasteiger partial charge in [-0.05, 0) is 41.6 Å². The third-order valence-corrected chi connectivity index (χ3v) is 3.51. The number of carbonyl (C=O) groups excluding carboxylic acids is 1. The van der Waals surface area contributed by atoms with Crippen LogP contribution in [-0.4, -0.2) is 5.91 Å². The molecule has 2 rings (SSSR count). The molecular weight excluding hydrogens is 276 g/mol. The van der Waals surface area contributed by atoms with E-state index in [0.717, 1.165) is 29.7 Å². The van der Waals surface area contributed by atoms with Gasteiger partial charge in [0.05, 0.1) is 0 Å². The van der Waals surface area contributed by atoms with Crippen molar-refractivity contribution >= 4 is 17.3 Å². The van der Waals surface area contributed by atoms with Gasteiger partial charge in [-0.1, -0.05) is 49.3 Å². The van der Waals surface area contributed by atoms with Crippen molar-refractivity contribution in [3.05, 3.63) is 69.6 Å². The van der Waals surface area contributed by atoms with Gasteiger partial charge in [-0.3, -0.25) is 4.79 Å². The lowest BCUT2D eigenvalue weighted by atomic mass is 10.0. The van der Waals surface area contributed by atoms with Crippen molar-refractivity contribution in [3.63, 3.8) is 0 Å². The van der Waals surface area contributed by atoms with Crippen LogP contribution in [-0.2, 0) is 12.8 Å².